The van der Waals surface area contributed by atoms with Crippen LogP contribution in [0.4, 0.5) is 0 Å². The SMILES string of the molecule is Cc1ccc(SC(=O)C[C@@H](O)c2ccc(Cl)cc2)cc1. The first kappa shape index (κ1) is 15.1. The van der Waals surface area contributed by atoms with Crippen molar-refractivity contribution in [1.29, 1.82) is 0 Å². The Labute approximate surface area is 127 Å². The van der Waals surface area contributed by atoms with Gasteiger partial charge >= 0.3 is 0 Å². The Bertz CT molecular complexity index is 578. The second-order valence-corrected chi connectivity index (χ2v) is 6.13. The summed E-state index contributed by atoms with van der Waals surface area (Å²) in [6, 6.07) is 14.6. The Morgan fingerprint density at radius 3 is 2.35 bits per heavy atom. The number of halogens is 1. The van der Waals surface area contributed by atoms with Crippen LogP contribution in [0, 0.1) is 6.92 Å². The van der Waals surface area contributed by atoms with Gasteiger partial charge in [0, 0.05) is 16.3 Å². The molecule has 2 aromatic carbocycles. The molecule has 0 aliphatic rings. The first-order valence-corrected chi connectivity index (χ1v) is 7.45. The van der Waals surface area contributed by atoms with Crippen LogP contribution in [0.2, 0.25) is 5.02 Å². The fraction of sp³-hybridized carbons (Fsp3) is 0.188. The molecule has 4 heteroatoms. The zero-order chi connectivity index (χ0) is 14.5. The number of aliphatic hydroxyl groups is 1. The van der Waals surface area contributed by atoms with Crippen LogP contribution in [0.1, 0.15) is 23.7 Å². The summed E-state index contributed by atoms with van der Waals surface area (Å²) in [5.74, 6) is 0. The number of thioether (sulfide) groups is 1. The van der Waals surface area contributed by atoms with Gasteiger partial charge in [0.15, 0.2) is 5.12 Å². The number of carbonyl (C=O) groups is 1. The van der Waals surface area contributed by atoms with Gasteiger partial charge in [-0.1, -0.05) is 53.2 Å². The molecule has 0 saturated heterocycles. The number of benzene rings is 2. The first-order valence-electron chi connectivity index (χ1n) is 6.25. The number of aliphatic hydroxyl groups excluding tert-OH is 1. The molecule has 0 aromatic heterocycles. The summed E-state index contributed by atoms with van der Waals surface area (Å²) < 4.78 is 0. The molecule has 1 atom stereocenters. The number of hydrogen-bond acceptors (Lipinski definition) is 3. The molecule has 0 aliphatic carbocycles. The van der Waals surface area contributed by atoms with E-state index in [-0.39, 0.29) is 11.5 Å². The number of carbonyl (C=O) groups excluding carboxylic acids is 1. The second-order valence-electron chi connectivity index (χ2n) is 4.56. The monoisotopic (exact) mass is 306 g/mol. The summed E-state index contributed by atoms with van der Waals surface area (Å²) in [7, 11) is 0. The highest BCUT2D eigenvalue weighted by Gasteiger charge is 2.14. The lowest BCUT2D eigenvalue weighted by molar-refractivity contribution is -0.112. The van der Waals surface area contributed by atoms with Crippen molar-refractivity contribution in [2.75, 3.05) is 0 Å². The zero-order valence-electron chi connectivity index (χ0n) is 11.0. The van der Waals surface area contributed by atoms with Crippen LogP contribution in [0.3, 0.4) is 0 Å². The fourth-order valence-corrected chi connectivity index (χ4v) is 2.64. The molecule has 0 saturated carbocycles. The van der Waals surface area contributed by atoms with Crippen LogP contribution < -0.4 is 0 Å². The van der Waals surface area contributed by atoms with E-state index in [2.05, 4.69) is 0 Å². The van der Waals surface area contributed by atoms with Gasteiger partial charge in [-0.2, -0.15) is 0 Å². The average molecular weight is 307 g/mol. The molecule has 20 heavy (non-hydrogen) atoms. The van der Waals surface area contributed by atoms with Crippen LogP contribution in [0.25, 0.3) is 0 Å². The Kier molecular flexibility index (Phi) is 5.24. The Hall–Kier alpha value is -1.29. The van der Waals surface area contributed by atoms with E-state index < -0.39 is 6.10 Å². The maximum Gasteiger partial charge on any atom is 0.196 e. The van der Waals surface area contributed by atoms with Gasteiger partial charge in [0.05, 0.1) is 6.10 Å². The average Bonchev–Trinajstić information content (AvgIpc) is 2.42. The van der Waals surface area contributed by atoms with Crippen LogP contribution >= 0.6 is 23.4 Å². The van der Waals surface area contributed by atoms with Gasteiger partial charge in [-0.15, -0.1) is 0 Å². The summed E-state index contributed by atoms with van der Waals surface area (Å²) in [4.78, 5) is 12.8. The third-order valence-corrected chi connectivity index (χ3v) is 4.02. The van der Waals surface area contributed by atoms with E-state index in [1.165, 1.54) is 0 Å². The minimum Gasteiger partial charge on any atom is -0.388 e. The van der Waals surface area contributed by atoms with Gasteiger partial charge in [0.25, 0.3) is 0 Å². The van der Waals surface area contributed by atoms with Crippen molar-refractivity contribution in [2.24, 2.45) is 0 Å². The lowest BCUT2D eigenvalue weighted by atomic mass is 10.1. The topological polar surface area (TPSA) is 37.3 Å². The van der Waals surface area contributed by atoms with Crippen molar-refractivity contribution < 1.29 is 9.90 Å². The molecule has 0 unspecified atom stereocenters. The van der Waals surface area contributed by atoms with E-state index in [9.17, 15) is 9.90 Å². The number of hydrogen-bond donors (Lipinski definition) is 1. The highest BCUT2D eigenvalue weighted by molar-refractivity contribution is 8.13. The lowest BCUT2D eigenvalue weighted by Gasteiger charge is -2.10. The molecular weight excluding hydrogens is 292 g/mol. The van der Waals surface area contributed by atoms with Crippen molar-refractivity contribution in [3.8, 4) is 0 Å². The summed E-state index contributed by atoms with van der Waals surface area (Å²) >= 11 is 6.94. The molecule has 0 radical (unpaired) electrons. The Morgan fingerprint density at radius 2 is 1.75 bits per heavy atom. The second kappa shape index (κ2) is 6.93. The van der Waals surface area contributed by atoms with Crippen molar-refractivity contribution in [2.45, 2.75) is 24.3 Å². The highest BCUT2D eigenvalue weighted by atomic mass is 35.5. The van der Waals surface area contributed by atoms with Gasteiger partial charge in [0.1, 0.15) is 0 Å². The van der Waals surface area contributed by atoms with E-state index >= 15 is 0 Å². The van der Waals surface area contributed by atoms with Crippen molar-refractivity contribution in [3.63, 3.8) is 0 Å². The lowest BCUT2D eigenvalue weighted by Crippen LogP contribution is -2.03. The minimum atomic E-state index is -0.794. The van der Waals surface area contributed by atoms with E-state index in [1.807, 2.05) is 31.2 Å². The van der Waals surface area contributed by atoms with Crippen LogP contribution in [-0.4, -0.2) is 10.2 Å². The molecule has 0 amide bonds. The predicted molar refractivity (Wildman–Crippen MR) is 83.1 cm³/mol. The summed E-state index contributed by atoms with van der Waals surface area (Å²) in [6.45, 7) is 2.00. The molecule has 0 fully saturated rings. The van der Waals surface area contributed by atoms with Crippen molar-refractivity contribution >= 4 is 28.5 Å². The molecule has 0 aliphatic heterocycles. The first-order chi connectivity index (χ1) is 9.54. The van der Waals surface area contributed by atoms with E-state index in [4.69, 9.17) is 11.6 Å². The Balaban J connectivity index is 1.93. The van der Waals surface area contributed by atoms with Gasteiger partial charge in [-0.25, -0.2) is 0 Å². The Morgan fingerprint density at radius 1 is 1.15 bits per heavy atom. The summed E-state index contributed by atoms with van der Waals surface area (Å²) in [5, 5.41) is 10.6. The normalized spacial score (nSPS) is 12.2. The molecule has 0 spiro atoms. The quantitative estimate of drug-likeness (QED) is 0.851. The smallest absolute Gasteiger partial charge is 0.196 e. The van der Waals surface area contributed by atoms with E-state index in [0.29, 0.717) is 10.6 Å². The van der Waals surface area contributed by atoms with Gasteiger partial charge in [-0.3, -0.25) is 4.79 Å². The molecular formula is C16H15ClO2S. The summed E-state index contributed by atoms with van der Waals surface area (Å²) in [6.07, 6.45) is -0.710. The van der Waals surface area contributed by atoms with Crippen molar-refractivity contribution in [3.05, 3.63) is 64.7 Å². The molecule has 1 N–H and O–H groups in total. The molecule has 2 aromatic rings. The zero-order valence-corrected chi connectivity index (χ0v) is 12.6. The van der Waals surface area contributed by atoms with Crippen LogP contribution in [0.15, 0.2) is 53.4 Å². The molecule has 0 heterocycles. The van der Waals surface area contributed by atoms with Gasteiger partial charge < -0.3 is 5.11 Å². The fourth-order valence-electron chi connectivity index (χ4n) is 1.74. The standard InChI is InChI=1S/C16H15ClO2S/c1-11-2-8-14(9-3-11)20-16(19)10-15(18)12-4-6-13(17)7-5-12/h2-9,15,18H,10H2,1H3/t15-/m1/s1. The molecule has 0 bridgehead atoms. The van der Waals surface area contributed by atoms with Crippen LogP contribution in [-0.2, 0) is 4.79 Å². The maximum absolute atomic E-state index is 11.9. The molecule has 2 rings (SSSR count). The number of aryl methyl sites for hydroxylation is 1. The third-order valence-electron chi connectivity index (χ3n) is 2.87. The van der Waals surface area contributed by atoms with E-state index in [1.54, 1.807) is 24.3 Å². The van der Waals surface area contributed by atoms with Crippen molar-refractivity contribution in [1.82, 2.24) is 0 Å². The molecule has 2 nitrogen and oxygen atoms in total. The molecule has 104 valence electrons. The summed E-state index contributed by atoms with van der Waals surface area (Å²) in [5.41, 5.74) is 1.86. The predicted octanol–water partition coefficient (Wildman–Crippen LogP) is 4.39. The largest absolute Gasteiger partial charge is 0.388 e. The number of rotatable bonds is 4. The van der Waals surface area contributed by atoms with E-state index in [0.717, 1.165) is 22.2 Å². The highest BCUT2D eigenvalue weighted by Crippen LogP contribution is 2.26. The van der Waals surface area contributed by atoms with Gasteiger partial charge in [-0.05, 0) is 36.8 Å². The van der Waals surface area contributed by atoms with Crippen LogP contribution in [0.5, 0.6) is 0 Å². The minimum absolute atomic E-state index is 0.0590. The van der Waals surface area contributed by atoms with Gasteiger partial charge in [0.2, 0.25) is 0 Å². The third kappa shape index (κ3) is 4.37. The maximum atomic E-state index is 11.9.